The van der Waals surface area contributed by atoms with Gasteiger partial charge in [0.1, 0.15) is 0 Å². The van der Waals surface area contributed by atoms with E-state index in [1.54, 1.807) is 0 Å². The molecule has 0 spiro atoms. The first-order chi connectivity index (χ1) is 11.8. The van der Waals surface area contributed by atoms with Crippen LogP contribution in [0.3, 0.4) is 0 Å². The largest absolute Gasteiger partial charge is 0.392 e. The molecule has 2 aliphatic rings. The van der Waals surface area contributed by atoms with Crippen molar-refractivity contribution in [2.24, 2.45) is 29.6 Å². The lowest BCUT2D eigenvalue weighted by molar-refractivity contribution is 0.107. The molecule has 0 radical (unpaired) electrons. The number of hydrogen-bond acceptors (Lipinski definition) is 1. The van der Waals surface area contributed by atoms with Crippen LogP contribution in [0.5, 0.6) is 0 Å². The summed E-state index contributed by atoms with van der Waals surface area (Å²) in [6.45, 7) is 17.0. The minimum absolute atomic E-state index is 0.251. The molecule has 6 atom stereocenters. The first-order valence-corrected chi connectivity index (χ1v) is 9.49. The fourth-order valence-corrected chi connectivity index (χ4v) is 4.69. The van der Waals surface area contributed by atoms with E-state index in [0.29, 0.717) is 17.8 Å². The van der Waals surface area contributed by atoms with Crippen molar-refractivity contribution in [2.75, 3.05) is 0 Å². The molecule has 2 aliphatic carbocycles. The van der Waals surface area contributed by atoms with Gasteiger partial charge in [0.05, 0.1) is 6.10 Å². The fourth-order valence-electron chi connectivity index (χ4n) is 4.69. The Kier molecular flexibility index (Phi) is 6.46. The molecule has 0 aromatic carbocycles. The summed E-state index contributed by atoms with van der Waals surface area (Å²) in [5, 5.41) is 10.7. The van der Waals surface area contributed by atoms with Gasteiger partial charge in [-0.2, -0.15) is 0 Å². The lowest BCUT2D eigenvalue weighted by atomic mass is 9.74. The number of aliphatic hydroxyl groups excluding tert-OH is 1. The van der Waals surface area contributed by atoms with Gasteiger partial charge in [0.2, 0.25) is 0 Å². The molecule has 0 bridgehead atoms. The molecule has 2 rings (SSSR count). The summed E-state index contributed by atoms with van der Waals surface area (Å²) in [5.41, 5.74) is 5.14. The van der Waals surface area contributed by atoms with Crippen molar-refractivity contribution >= 4 is 0 Å². The predicted octanol–water partition coefficient (Wildman–Crippen LogP) is 6.02. The second-order valence-electron chi connectivity index (χ2n) is 7.93. The summed E-state index contributed by atoms with van der Waals surface area (Å²) in [7, 11) is 0. The molecule has 25 heavy (non-hydrogen) atoms. The maximum atomic E-state index is 10.7. The van der Waals surface area contributed by atoms with E-state index < -0.39 is 0 Å². The van der Waals surface area contributed by atoms with E-state index >= 15 is 0 Å². The normalized spacial score (nSPS) is 34.2. The van der Waals surface area contributed by atoms with Crippen molar-refractivity contribution in [1.82, 2.24) is 0 Å². The minimum atomic E-state index is -0.257. The second kappa shape index (κ2) is 8.19. The van der Waals surface area contributed by atoms with E-state index in [2.05, 4.69) is 83.7 Å². The Morgan fingerprint density at radius 3 is 2.24 bits per heavy atom. The van der Waals surface area contributed by atoms with Crippen LogP contribution in [0.4, 0.5) is 0 Å². The Bertz CT molecular complexity index is 656. The molecule has 1 nitrogen and oxygen atoms in total. The Hall–Kier alpha value is -1.60. The molecular formula is C24H34O. The summed E-state index contributed by atoms with van der Waals surface area (Å²) in [4.78, 5) is 0. The molecule has 1 saturated carbocycles. The molecule has 1 heteroatoms. The van der Waals surface area contributed by atoms with E-state index in [0.717, 1.165) is 5.57 Å². The molecule has 0 aromatic rings. The molecule has 0 heterocycles. The highest BCUT2D eigenvalue weighted by Gasteiger charge is 2.47. The molecule has 136 valence electrons. The number of hydrogen-bond donors (Lipinski definition) is 1. The fraction of sp³-hybridized carbons (Fsp3) is 0.500. The van der Waals surface area contributed by atoms with Crippen LogP contribution in [0.1, 0.15) is 41.5 Å². The van der Waals surface area contributed by atoms with Crippen molar-refractivity contribution in [3.05, 3.63) is 71.4 Å². The summed E-state index contributed by atoms with van der Waals surface area (Å²) in [6, 6.07) is 0. The first-order valence-electron chi connectivity index (χ1n) is 9.49. The zero-order chi connectivity index (χ0) is 18.7. The maximum absolute atomic E-state index is 10.7. The quantitative estimate of drug-likeness (QED) is 0.480. The summed E-state index contributed by atoms with van der Waals surface area (Å²) in [5.74, 6) is 1.70. The van der Waals surface area contributed by atoms with Crippen LogP contribution in [0.25, 0.3) is 0 Å². The van der Waals surface area contributed by atoms with E-state index in [9.17, 15) is 5.11 Å². The van der Waals surface area contributed by atoms with E-state index in [1.807, 2.05) is 6.92 Å². The van der Waals surface area contributed by atoms with Crippen LogP contribution in [0.2, 0.25) is 0 Å². The minimum Gasteiger partial charge on any atom is -0.392 e. The van der Waals surface area contributed by atoms with Crippen LogP contribution in [-0.2, 0) is 0 Å². The second-order valence-corrected chi connectivity index (χ2v) is 7.93. The monoisotopic (exact) mass is 338 g/mol. The molecule has 0 amide bonds. The van der Waals surface area contributed by atoms with Gasteiger partial charge in [0, 0.05) is 5.92 Å². The van der Waals surface area contributed by atoms with Gasteiger partial charge < -0.3 is 5.11 Å². The van der Waals surface area contributed by atoms with Crippen molar-refractivity contribution in [3.63, 3.8) is 0 Å². The van der Waals surface area contributed by atoms with Gasteiger partial charge in [0.15, 0.2) is 0 Å². The molecule has 1 fully saturated rings. The number of aliphatic hydroxyl groups is 1. The van der Waals surface area contributed by atoms with Crippen molar-refractivity contribution in [2.45, 2.75) is 47.6 Å². The standard InChI is InChI=1S/C24H34O/c1-8-20(18(6)17(5)14-16(4)13-15(2)3)23-19(7)24(25)22-12-10-9-11-21(22)23/h8-14,18-19,21-25H,2H2,1,3-7H3/b16-13-,17-14-,20-8-. The highest BCUT2D eigenvalue weighted by Crippen LogP contribution is 2.50. The lowest BCUT2D eigenvalue weighted by Crippen LogP contribution is -2.22. The lowest BCUT2D eigenvalue weighted by Gasteiger charge is -2.30. The van der Waals surface area contributed by atoms with Crippen molar-refractivity contribution < 1.29 is 5.11 Å². The van der Waals surface area contributed by atoms with Crippen LogP contribution in [0, 0.1) is 29.6 Å². The average Bonchev–Trinajstić information content (AvgIpc) is 2.80. The summed E-state index contributed by atoms with van der Waals surface area (Å²) in [6.07, 6.45) is 15.1. The van der Waals surface area contributed by atoms with Gasteiger partial charge >= 0.3 is 0 Å². The molecule has 0 aromatic heterocycles. The number of fused-ring (bicyclic) bond motifs is 1. The van der Waals surface area contributed by atoms with Gasteiger partial charge in [-0.05, 0) is 51.4 Å². The highest BCUT2D eigenvalue weighted by molar-refractivity contribution is 5.34. The van der Waals surface area contributed by atoms with Crippen molar-refractivity contribution in [3.8, 4) is 0 Å². The van der Waals surface area contributed by atoms with E-state index in [1.165, 1.54) is 16.7 Å². The van der Waals surface area contributed by atoms with Gasteiger partial charge in [-0.25, -0.2) is 0 Å². The molecule has 6 unspecified atom stereocenters. The van der Waals surface area contributed by atoms with Crippen molar-refractivity contribution in [1.29, 1.82) is 0 Å². The Morgan fingerprint density at radius 1 is 1.08 bits per heavy atom. The summed E-state index contributed by atoms with van der Waals surface area (Å²) < 4.78 is 0. The van der Waals surface area contributed by atoms with Gasteiger partial charge in [0.25, 0.3) is 0 Å². The Labute approximate surface area is 154 Å². The smallest absolute Gasteiger partial charge is 0.0640 e. The molecule has 1 N–H and O–H groups in total. The molecule has 0 saturated heterocycles. The third-order valence-corrected chi connectivity index (χ3v) is 5.97. The highest BCUT2D eigenvalue weighted by atomic mass is 16.3. The zero-order valence-corrected chi connectivity index (χ0v) is 16.7. The maximum Gasteiger partial charge on any atom is 0.0640 e. The summed E-state index contributed by atoms with van der Waals surface area (Å²) >= 11 is 0. The third kappa shape index (κ3) is 4.15. The average molecular weight is 339 g/mol. The Morgan fingerprint density at radius 2 is 1.68 bits per heavy atom. The SMILES string of the molecule is C=C(C)/C=C(C)\C=C(\C)C(C)/C(=C/C)C1C(C)C(O)C2C=CC=CC21. The molecular weight excluding hydrogens is 304 g/mol. The van der Waals surface area contributed by atoms with Gasteiger partial charge in [-0.15, -0.1) is 0 Å². The van der Waals surface area contributed by atoms with Gasteiger partial charge in [-0.1, -0.05) is 85.3 Å². The van der Waals surface area contributed by atoms with Crippen LogP contribution in [0.15, 0.2) is 71.4 Å². The zero-order valence-electron chi connectivity index (χ0n) is 16.7. The predicted molar refractivity (Wildman–Crippen MR) is 109 cm³/mol. The first kappa shape index (κ1) is 19.7. The van der Waals surface area contributed by atoms with Crippen LogP contribution in [-0.4, -0.2) is 11.2 Å². The Balaban J connectivity index is 2.30. The molecule has 0 aliphatic heterocycles. The topological polar surface area (TPSA) is 20.2 Å². The van der Waals surface area contributed by atoms with E-state index in [-0.39, 0.29) is 17.9 Å². The van der Waals surface area contributed by atoms with Crippen LogP contribution < -0.4 is 0 Å². The number of allylic oxidation sites excluding steroid dienone is 10. The van der Waals surface area contributed by atoms with Gasteiger partial charge in [-0.3, -0.25) is 0 Å². The number of rotatable bonds is 5. The van der Waals surface area contributed by atoms with Crippen LogP contribution >= 0.6 is 0 Å². The third-order valence-electron chi connectivity index (χ3n) is 5.97. The van der Waals surface area contributed by atoms with E-state index in [4.69, 9.17) is 0 Å².